The zero-order valence-electron chi connectivity index (χ0n) is 12.5. The van der Waals surface area contributed by atoms with Gasteiger partial charge in [-0.05, 0) is 18.4 Å². The van der Waals surface area contributed by atoms with Crippen molar-refractivity contribution in [1.29, 1.82) is 0 Å². The van der Waals surface area contributed by atoms with Crippen molar-refractivity contribution >= 4 is 34.9 Å². The third-order valence-electron chi connectivity index (χ3n) is 3.63. The Morgan fingerprint density at radius 2 is 1.96 bits per heavy atom. The molecule has 1 aromatic heterocycles. The number of esters is 1. The molecule has 3 rings (SSSR count). The molecular weight excluding hydrogens is 322 g/mol. The van der Waals surface area contributed by atoms with Gasteiger partial charge in [-0.25, -0.2) is 4.90 Å². The van der Waals surface area contributed by atoms with Crippen LogP contribution in [0.1, 0.15) is 31.6 Å². The van der Waals surface area contributed by atoms with Gasteiger partial charge < -0.3 is 9.47 Å². The number of ketones is 1. The summed E-state index contributed by atoms with van der Waals surface area (Å²) < 4.78 is 10.7. The Morgan fingerprint density at radius 1 is 1.30 bits per heavy atom. The van der Waals surface area contributed by atoms with E-state index in [4.69, 9.17) is 9.47 Å². The second-order valence-corrected chi connectivity index (χ2v) is 6.24. The lowest BCUT2D eigenvalue weighted by Gasteiger charge is -2.23. The number of thiophene rings is 1. The minimum absolute atomic E-state index is 0.0307. The van der Waals surface area contributed by atoms with Crippen molar-refractivity contribution in [3.8, 4) is 0 Å². The Kier molecular flexibility index (Phi) is 3.56. The molecule has 2 aliphatic rings. The lowest BCUT2D eigenvalue weighted by Crippen LogP contribution is -2.33. The fraction of sp³-hybridized carbons (Fsp3) is 0.333. The SMILES string of the molecule is CC(=O)OC1=C(N2C(=O)CCC2=O)OC(C)(c2cccs2)C1=O. The molecule has 1 saturated heterocycles. The average molecular weight is 335 g/mol. The molecule has 1 atom stereocenters. The van der Waals surface area contributed by atoms with Gasteiger partial charge >= 0.3 is 5.97 Å². The first-order chi connectivity index (χ1) is 10.8. The monoisotopic (exact) mass is 335 g/mol. The summed E-state index contributed by atoms with van der Waals surface area (Å²) in [5.74, 6) is -3.01. The van der Waals surface area contributed by atoms with Crippen LogP contribution >= 0.6 is 11.3 Å². The molecular formula is C15H13NO6S. The summed E-state index contributed by atoms with van der Waals surface area (Å²) in [7, 11) is 0. The van der Waals surface area contributed by atoms with Crippen molar-refractivity contribution in [3.05, 3.63) is 34.0 Å². The van der Waals surface area contributed by atoms with E-state index in [-0.39, 0.29) is 18.7 Å². The standard InChI is InChI=1S/C15H13NO6S/c1-8(17)21-12-13(20)15(2,9-4-3-7-23-9)22-14(12)16-10(18)5-6-11(16)19/h3-4,7H,5-6H2,1-2H3. The summed E-state index contributed by atoms with van der Waals surface area (Å²) in [4.78, 5) is 49.3. The Labute approximate surface area is 135 Å². The Bertz CT molecular complexity index is 734. The van der Waals surface area contributed by atoms with E-state index >= 15 is 0 Å². The van der Waals surface area contributed by atoms with Gasteiger partial charge in [-0.3, -0.25) is 19.2 Å². The van der Waals surface area contributed by atoms with Crippen molar-refractivity contribution < 1.29 is 28.7 Å². The zero-order valence-corrected chi connectivity index (χ0v) is 13.3. The van der Waals surface area contributed by atoms with Crippen LogP contribution < -0.4 is 0 Å². The quantitative estimate of drug-likeness (QED) is 0.613. The molecule has 0 N–H and O–H groups in total. The van der Waals surface area contributed by atoms with E-state index in [1.165, 1.54) is 18.3 Å². The number of imide groups is 1. The summed E-state index contributed by atoms with van der Waals surface area (Å²) in [6.45, 7) is 2.65. The number of amides is 2. The van der Waals surface area contributed by atoms with E-state index in [1.807, 2.05) is 0 Å². The van der Waals surface area contributed by atoms with E-state index in [0.29, 0.717) is 4.88 Å². The minimum Gasteiger partial charge on any atom is -0.455 e. The number of hydrogen-bond acceptors (Lipinski definition) is 7. The number of hydrogen-bond donors (Lipinski definition) is 0. The van der Waals surface area contributed by atoms with Gasteiger partial charge in [-0.2, -0.15) is 0 Å². The lowest BCUT2D eigenvalue weighted by molar-refractivity contribution is -0.144. The molecule has 23 heavy (non-hydrogen) atoms. The molecule has 8 heteroatoms. The number of likely N-dealkylation sites (tertiary alicyclic amines) is 1. The normalized spacial score (nSPS) is 24.4. The highest BCUT2D eigenvalue weighted by atomic mass is 32.1. The highest BCUT2D eigenvalue weighted by Gasteiger charge is 2.53. The largest absolute Gasteiger partial charge is 0.455 e. The first kappa shape index (κ1) is 15.4. The molecule has 0 bridgehead atoms. The van der Waals surface area contributed by atoms with Gasteiger partial charge in [0.25, 0.3) is 11.7 Å². The Balaban J connectivity index is 2.07. The predicted molar refractivity (Wildman–Crippen MR) is 77.6 cm³/mol. The fourth-order valence-corrected chi connectivity index (χ4v) is 3.32. The first-order valence-corrected chi connectivity index (χ1v) is 7.79. The minimum atomic E-state index is -1.43. The van der Waals surface area contributed by atoms with Crippen LogP contribution in [-0.2, 0) is 34.3 Å². The molecule has 1 fully saturated rings. The topological polar surface area (TPSA) is 90.0 Å². The number of nitrogens with zero attached hydrogens (tertiary/aromatic N) is 1. The summed E-state index contributed by atoms with van der Waals surface area (Å²) >= 11 is 1.29. The van der Waals surface area contributed by atoms with Gasteiger partial charge in [0, 0.05) is 19.8 Å². The molecule has 2 aliphatic heterocycles. The second-order valence-electron chi connectivity index (χ2n) is 5.29. The van der Waals surface area contributed by atoms with Crippen LogP contribution in [-0.4, -0.2) is 28.5 Å². The number of Topliss-reactive ketones (excluding diaryl/α,β-unsaturated/α-hetero) is 1. The van der Waals surface area contributed by atoms with Crippen LogP contribution in [0, 0.1) is 0 Å². The van der Waals surface area contributed by atoms with Gasteiger partial charge in [0.2, 0.25) is 23.2 Å². The number of rotatable bonds is 3. The van der Waals surface area contributed by atoms with Crippen LogP contribution in [0.5, 0.6) is 0 Å². The van der Waals surface area contributed by atoms with E-state index in [2.05, 4.69) is 0 Å². The van der Waals surface area contributed by atoms with Gasteiger partial charge in [0.15, 0.2) is 0 Å². The zero-order chi connectivity index (χ0) is 16.8. The maximum absolute atomic E-state index is 12.7. The molecule has 0 spiro atoms. The summed E-state index contributed by atoms with van der Waals surface area (Å²) in [6, 6.07) is 3.45. The van der Waals surface area contributed by atoms with Gasteiger partial charge in [0.1, 0.15) is 0 Å². The van der Waals surface area contributed by atoms with E-state index in [1.54, 1.807) is 17.5 Å². The van der Waals surface area contributed by atoms with Gasteiger partial charge in [0.05, 0.1) is 4.88 Å². The molecule has 0 aromatic carbocycles. The van der Waals surface area contributed by atoms with Crippen molar-refractivity contribution in [2.75, 3.05) is 0 Å². The predicted octanol–water partition coefficient (Wildman–Crippen LogP) is 1.44. The highest BCUT2D eigenvalue weighted by Crippen LogP contribution is 2.43. The molecule has 2 amide bonds. The molecule has 0 radical (unpaired) electrons. The van der Waals surface area contributed by atoms with Crippen LogP contribution in [0.4, 0.5) is 0 Å². The Hall–Kier alpha value is -2.48. The van der Waals surface area contributed by atoms with Crippen molar-refractivity contribution in [2.24, 2.45) is 0 Å². The number of carbonyl (C=O) groups excluding carboxylic acids is 4. The number of ether oxygens (including phenoxy) is 2. The summed E-state index contributed by atoms with van der Waals surface area (Å²) in [5.41, 5.74) is -1.43. The third kappa shape index (κ3) is 2.35. The van der Waals surface area contributed by atoms with Crippen molar-refractivity contribution in [1.82, 2.24) is 4.90 Å². The van der Waals surface area contributed by atoms with E-state index in [9.17, 15) is 19.2 Å². The maximum Gasteiger partial charge on any atom is 0.308 e. The molecule has 120 valence electrons. The lowest BCUT2D eigenvalue weighted by atomic mass is 9.99. The second kappa shape index (κ2) is 5.31. The van der Waals surface area contributed by atoms with E-state index in [0.717, 1.165) is 11.8 Å². The maximum atomic E-state index is 12.7. The molecule has 0 saturated carbocycles. The Morgan fingerprint density at radius 3 is 2.48 bits per heavy atom. The average Bonchev–Trinajstić information content (AvgIpc) is 3.17. The molecule has 1 aromatic rings. The molecule has 1 unspecified atom stereocenters. The summed E-state index contributed by atoms with van der Waals surface area (Å²) in [6.07, 6.45) is 0.0614. The van der Waals surface area contributed by atoms with Crippen molar-refractivity contribution in [3.63, 3.8) is 0 Å². The first-order valence-electron chi connectivity index (χ1n) is 6.91. The fourth-order valence-electron chi connectivity index (χ4n) is 2.50. The number of carbonyl (C=O) groups is 4. The summed E-state index contributed by atoms with van der Waals surface area (Å²) in [5, 5.41) is 1.77. The highest BCUT2D eigenvalue weighted by molar-refractivity contribution is 7.10. The van der Waals surface area contributed by atoms with Crippen molar-refractivity contribution in [2.45, 2.75) is 32.3 Å². The van der Waals surface area contributed by atoms with Crippen LogP contribution in [0.3, 0.4) is 0 Å². The van der Waals surface area contributed by atoms with Crippen LogP contribution in [0.25, 0.3) is 0 Å². The van der Waals surface area contributed by atoms with Crippen LogP contribution in [0.2, 0.25) is 0 Å². The van der Waals surface area contributed by atoms with E-state index < -0.39 is 34.9 Å². The van der Waals surface area contributed by atoms with Crippen LogP contribution in [0.15, 0.2) is 29.2 Å². The molecule has 7 nitrogen and oxygen atoms in total. The van der Waals surface area contributed by atoms with Gasteiger partial charge in [-0.15, -0.1) is 11.3 Å². The smallest absolute Gasteiger partial charge is 0.308 e. The molecule has 0 aliphatic carbocycles. The molecule has 3 heterocycles. The van der Waals surface area contributed by atoms with Gasteiger partial charge in [-0.1, -0.05) is 6.07 Å². The third-order valence-corrected chi connectivity index (χ3v) is 4.70.